The summed E-state index contributed by atoms with van der Waals surface area (Å²) in [5, 5.41) is 4.02. The van der Waals surface area contributed by atoms with Crippen molar-refractivity contribution in [1.29, 1.82) is 0 Å². The van der Waals surface area contributed by atoms with Crippen molar-refractivity contribution in [3.8, 4) is 0 Å². The molecule has 0 aliphatic carbocycles. The van der Waals surface area contributed by atoms with Gasteiger partial charge in [-0.2, -0.15) is 0 Å². The van der Waals surface area contributed by atoms with Gasteiger partial charge in [0.1, 0.15) is 6.61 Å². The molecule has 1 fully saturated rings. The van der Waals surface area contributed by atoms with Gasteiger partial charge in [-0.25, -0.2) is 4.79 Å². The van der Waals surface area contributed by atoms with E-state index in [0.717, 1.165) is 11.9 Å². The quantitative estimate of drug-likeness (QED) is 0.908. The predicted molar refractivity (Wildman–Crippen MR) is 82.4 cm³/mol. The van der Waals surface area contributed by atoms with E-state index in [-0.39, 0.29) is 12.1 Å². The van der Waals surface area contributed by atoms with Gasteiger partial charge in [-0.05, 0) is 56.6 Å². The summed E-state index contributed by atoms with van der Waals surface area (Å²) in [6, 6.07) is 9.02. The van der Waals surface area contributed by atoms with Gasteiger partial charge in [-0.3, -0.25) is 0 Å². The monoisotopic (exact) mass is 287 g/mol. The zero-order valence-electron chi connectivity index (χ0n) is 12.6. The fourth-order valence-electron chi connectivity index (χ4n) is 2.66. The van der Waals surface area contributed by atoms with Crippen molar-refractivity contribution in [3.05, 3.63) is 35.5 Å². The van der Waals surface area contributed by atoms with Gasteiger partial charge in [0, 0.05) is 17.3 Å². The molecule has 0 unspecified atom stereocenters. The number of hydrogen-bond donors (Lipinski definition) is 2. The highest BCUT2D eigenvalue weighted by Crippen LogP contribution is 2.24. The summed E-state index contributed by atoms with van der Waals surface area (Å²) in [7, 11) is 4.15. The number of alkyl carbamates (subject to hydrolysis) is 1. The number of benzene rings is 1. The first-order chi connectivity index (χ1) is 10.0. The van der Waals surface area contributed by atoms with E-state index in [1.165, 1.54) is 16.6 Å². The van der Waals surface area contributed by atoms with Gasteiger partial charge in [0.15, 0.2) is 0 Å². The number of aromatic amines is 1. The second-order valence-electron chi connectivity index (χ2n) is 5.93. The molecule has 0 radical (unpaired) electrons. The number of H-pyrrole nitrogens is 1. The molecule has 1 aliphatic heterocycles. The van der Waals surface area contributed by atoms with Crippen LogP contribution in [0.25, 0.3) is 10.9 Å². The van der Waals surface area contributed by atoms with Crippen molar-refractivity contribution in [1.82, 2.24) is 15.2 Å². The number of amides is 1. The maximum Gasteiger partial charge on any atom is 0.407 e. The Labute approximate surface area is 124 Å². The highest BCUT2D eigenvalue weighted by Gasteiger charge is 2.22. The number of carbonyl (C=O) groups excluding carboxylic acids is 1. The summed E-state index contributed by atoms with van der Waals surface area (Å²) in [5.41, 5.74) is 3.57. The highest BCUT2D eigenvalue weighted by molar-refractivity contribution is 5.81. The molecular formula is C16H21N3O2. The zero-order chi connectivity index (χ0) is 15.0. The third-order valence-electron chi connectivity index (χ3n) is 4.15. The molecule has 1 aromatic heterocycles. The molecule has 3 rings (SSSR count). The van der Waals surface area contributed by atoms with Crippen LogP contribution in [-0.2, 0) is 11.2 Å². The molecule has 5 heteroatoms. The number of carbonyl (C=O) groups is 1. The number of nitrogens with zero attached hydrogens (tertiary/aromatic N) is 1. The Morgan fingerprint density at radius 3 is 2.86 bits per heavy atom. The van der Waals surface area contributed by atoms with E-state index in [1.807, 2.05) is 0 Å². The van der Waals surface area contributed by atoms with E-state index >= 15 is 0 Å². The van der Waals surface area contributed by atoms with Gasteiger partial charge in [0.2, 0.25) is 0 Å². The lowest BCUT2D eigenvalue weighted by molar-refractivity contribution is 0.177. The normalized spacial score (nSPS) is 19.8. The van der Waals surface area contributed by atoms with E-state index < -0.39 is 0 Å². The molecule has 1 saturated heterocycles. The number of aromatic nitrogens is 1. The number of hydrogen-bond acceptors (Lipinski definition) is 3. The smallest absolute Gasteiger partial charge is 0.407 e. The zero-order valence-corrected chi connectivity index (χ0v) is 12.6. The van der Waals surface area contributed by atoms with Crippen LogP contribution in [0.3, 0.4) is 0 Å². The third-order valence-corrected chi connectivity index (χ3v) is 4.15. The molecular weight excluding hydrogens is 266 g/mol. The Hall–Kier alpha value is -2.01. The second kappa shape index (κ2) is 5.41. The van der Waals surface area contributed by atoms with Crippen LogP contribution in [0.15, 0.2) is 24.3 Å². The number of fused-ring (bicyclic) bond motifs is 1. The Morgan fingerprint density at radius 2 is 2.19 bits per heavy atom. The average Bonchev–Trinajstić information content (AvgIpc) is 3.03. The minimum absolute atomic E-state index is 0.0778. The number of ether oxygens (including phenoxy) is 1. The SMILES string of the molecule is C[C@@H](c1cc2cc(C[C@H]3COC(=O)N3)ccc2[nH]1)N(C)C. The minimum Gasteiger partial charge on any atom is -0.447 e. The maximum absolute atomic E-state index is 11.1. The summed E-state index contributed by atoms with van der Waals surface area (Å²) < 4.78 is 4.93. The summed E-state index contributed by atoms with van der Waals surface area (Å²) in [4.78, 5) is 16.7. The lowest BCUT2D eigenvalue weighted by atomic mass is 10.0. The number of nitrogens with one attached hydrogen (secondary N) is 2. The maximum atomic E-state index is 11.1. The highest BCUT2D eigenvalue weighted by atomic mass is 16.6. The molecule has 1 amide bonds. The van der Waals surface area contributed by atoms with Crippen molar-refractivity contribution >= 4 is 17.0 Å². The van der Waals surface area contributed by atoms with Crippen LogP contribution < -0.4 is 5.32 Å². The molecule has 2 atom stereocenters. The molecule has 2 heterocycles. The first-order valence-electron chi connectivity index (χ1n) is 7.24. The van der Waals surface area contributed by atoms with Gasteiger partial charge in [0.05, 0.1) is 6.04 Å². The van der Waals surface area contributed by atoms with Crippen molar-refractivity contribution in [2.45, 2.75) is 25.4 Å². The molecule has 1 aromatic carbocycles. The lowest BCUT2D eigenvalue weighted by Crippen LogP contribution is -2.28. The molecule has 5 nitrogen and oxygen atoms in total. The van der Waals surface area contributed by atoms with E-state index in [1.54, 1.807) is 0 Å². The van der Waals surface area contributed by atoms with Crippen LogP contribution in [0.1, 0.15) is 24.2 Å². The standard InChI is InChI=1S/C16H21N3O2/c1-10(19(2)3)15-8-12-6-11(4-5-14(12)18-15)7-13-9-21-16(20)17-13/h4-6,8,10,13,18H,7,9H2,1-3H3,(H,17,20)/t10-,13-/m0/s1. The molecule has 0 bridgehead atoms. The fraction of sp³-hybridized carbons (Fsp3) is 0.438. The Morgan fingerprint density at radius 1 is 1.38 bits per heavy atom. The molecule has 0 spiro atoms. The summed E-state index contributed by atoms with van der Waals surface area (Å²) >= 11 is 0. The van der Waals surface area contributed by atoms with Crippen molar-refractivity contribution in [2.75, 3.05) is 20.7 Å². The van der Waals surface area contributed by atoms with Crippen molar-refractivity contribution < 1.29 is 9.53 Å². The van der Waals surface area contributed by atoms with Crippen LogP contribution in [0.2, 0.25) is 0 Å². The molecule has 2 aromatic rings. The Bertz CT molecular complexity index is 663. The lowest BCUT2D eigenvalue weighted by Gasteiger charge is -2.17. The molecule has 2 N–H and O–H groups in total. The predicted octanol–water partition coefficient (Wildman–Crippen LogP) is 2.44. The summed E-state index contributed by atoms with van der Waals surface area (Å²) in [5.74, 6) is 0. The van der Waals surface area contributed by atoms with Crippen molar-refractivity contribution in [2.24, 2.45) is 0 Å². The topological polar surface area (TPSA) is 57.4 Å². The van der Waals surface area contributed by atoms with E-state index in [0.29, 0.717) is 12.6 Å². The largest absolute Gasteiger partial charge is 0.447 e. The Kier molecular flexibility index (Phi) is 3.59. The van der Waals surface area contributed by atoms with Crippen LogP contribution in [0, 0.1) is 0 Å². The van der Waals surface area contributed by atoms with Gasteiger partial charge in [-0.1, -0.05) is 6.07 Å². The van der Waals surface area contributed by atoms with E-state index in [4.69, 9.17) is 4.74 Å². The fourth-order valence-corrected chi connectivity index (χ4v) is 2.66. The molecule has 0 saturated carbocycles. The Balaban J connectivity index is 1.81. The van der Waals surface area contributed by atoms with Crippen molar-refractivity contribution in [3.63, 3.8) is 0 Å². The van der Waals surface area contributed by atoms with Gasteiger partial charge in [-0.15, -0.1) is 0 Å². The van der Waals surface area contributed by atoms with E-state index in [9.17, 15) is 4.79 Å². The first kappa shape index (κ1) is 13.9. The van der Waals surface area contributed by atoms with E-state index in [2.05, 4.69) is 60.5 Å². The summed E-state index contributed by atoms with van der Waals surface area (Å²) in [6.07, 6.45) is 0.482. The van der Waals surface area contributed by atoms with Crippen LogP contribution in [-0.4, -0.2) is 42.7 Å². The average molecular weight is 287 g/mol. The summed E-state index contributed by atoms with van der Waals surface area (Å²) in [6.45, 7) is 2.63. The van der Waals surface area contributed by atoms with Gasteiger partial charge in [0.25, 0.3) is 0 Å². The number of cyclic esters (lactones) is 1. The molecule has 21 heavy (non-hydrogen) atoms. The van der Waals surface area contributed by atoms with Crippen LogP contribution in [0.4, 0.5) is 4.79 Å². The number of rotatable bonds is 4. The van der Waals surface area contributed by atoms with Crippen LogP contribution in [0.5, 0.6) is 0 Å². The first-order valence-corrected chi connectivity index (χ1v) is 7.24. The van der Waals surface area contributed by atoms with Crippen LogP contribution >= 0.6 is 0 Å². The second-order valence-corrected chi connectivity index (χ2v) is 5.93. The van der Waals surface area contributed by atoms with Gasteiger partial charge < -0.3 is 19.9 Å². The minimum atomic E-state index is -0.315. The van der Waals surface area contributed by atoms with Gasteiger partial charge >= 0.3 is 6.09 Å². The molecule has 112 valence electrons. The third kappa shape index (κ3) is 2.88. The molecule has 1 aliphatic rings.